The van der Waals surface area contributed by atoms with Gasteiger partial charge in [0.05, 0.1) is 18.2 Å². The minimum atomic E-state index is -2.88. The van der Waals surface area contributed by atoms with E-state index in [9.17, 15) is 4.79 Å². The Morgan fingerprint density at radius 1 is 0.942 bits per heavy atom. The number of ether oxygens (including phenoxy) is 4. The van der Waals surface area contributed by atoms with Gasteiger partial charge in [-0.1, -0.05) is 94.3 Å². The molecule has 2 aliphatic heterocycles. The van der Waals surface area contributed by atoms with Gasteiger partial charge in [0.25, 0.3) is 8.32 Å². The van der Waals surface area contributed by atoms with Gasteiger partial charge in [-0.05, 0) is 74.5 Å². The highest BCUT2D eigenvalue weighted by Crippen LogP contribution is 2.45. The number of rotatable bonds is 8. The molecular formula is C39H50ClN5O6Si. The zero-order valence-corrected chi connectivity index (χ0v) is 33.1. The van der Waals surface area contributed by atoms with Crippen LogP contribution < -0.4 is 15.3 Å². The summed E-state index contributed by atoms with van der Waals surface area (Å²) >= 11 is 6.64. The minimum Gasteiger partial charge on any atom is -0.443 e. The van der Waals surface area contributed by atoms with Crippen LogP contribution in [0.4, 0.5) is 10.6 Å². The van der Waals surface area contributed by atoms with E-state index in [4.69, 9.17) is 40.1 Å². The molecule has 0 spiro atoms. The van der Waals surface area contributed by atoms with Crippen LogP contribution in [0.1, 0.15) is 87.3 Å². The number of benzene rings is 2. The van der Waals surface area contributed by atoms with Gasteiger partial charge in [0.1, 0.15) is 23.9 Å². The van der Waals surface area contributed by atoms with Crippen molar-refractivity contribution in [2.75, 3.05) is 11.5 Å². The average molecular weight is 748 g/mol. The van der Waals surface area contributed by atoms with Crippen molar-refractivity contribution in [3.8, 4) is 0 Å². The molecule has 2 saturated heterocycles. The summed E-state index contributed by atoms with van der Waals surface area (Å²) in [5.74, 6) is -0.503. The number of halogens is 1. The molecule has 11 nitrogen and oxygen atoms in total. The normalized spacial score (nSPS) is 23.6. The molecule has 52 heavy (non-hydrogen) atoms. The van der Waals surface area contributed by atoms with Crippen molar-refractivity contribution < 1.29 is 28.2 Å². The third kappa shape index (κ3) is 6.89. The molecule has 0 bridgehead atoms. The molecule has 13 heteroatoms. The molecule has 4 atom stereocenters. The molecular weight excluding hydrogens is 698 g/mol. The molecule has 278 valence electrons. The first-order valence-corrected chi connectivity index (χ1v) is 20.6. The number of fused-ring (bicyclic) bond motifs is 2. The summed E-state index contributed by atoms with van der Waals surface area (Å²) in [7, 11) is -2.88. The van der Waals surface area contributed by atoms with Gasteiger partial charge >= 0.3 is 6.09 Å². The summed E-state index contributed by atoms with van der Waals surface area (Å²) in [6, 6.07) is 21.0. The van der Waals surface area contributed by atoms with E-state index in [2.05, 4.69) is 79.3 Å². The number of carbonyl (C=O) groups excluding carboxylic acids is 1. The van der Waals surface area contributed by atoms with Crippen LogP contribution in [0.2, 0.25) is 10.3 Å². The highest BCUT2D eigenvalue weighted by Gasteiger charge is 2.58. The van der Waals surface area contributed by atoms with Crippen LogP contribution in [0.15, 0.2) is 66.9 Å². The SMILES string of the molecule is CC(C)(C)OC(=O)N(c1nc(Cl)nc2c1cnn2[C@@H]1O[C@H](CO[Si](c2ccccc2)(c2ccccc2)C(C)(C)C)[C@H]2OC(C)(C)O[C@H]21)C1CCCC1. The Balaban J connectivity index is 1.26. The van der Waals surface area contributed by atoms with E-state index in [0.29, 0.717) is 16.9 Å². The van der Waals surface area contributed by atoms with Gasteiger partial charge in [0.15, 0.2) is 23.5 Å². The maximum Gasteiger partial charge on any atom is 0.416 e. The standard InChI is InChI=1S/C39H50ClN5O6Si/c1-37(2,3)51-36(46)44(25-17-15-16-18-25)32-28-23-41-45(33(28)43-35(40)42-32)34-31-30(49-39(7,8)50-31)29(48-34)24-47-52(38(4,5)6,26-19-11-9-12-20-26)27-21-13-10-14-22-27/h9-14,19-23,25,29-31,34H,15-18,24H2,1-8H3/t29-,30-,31-,34-/m1/s1. The zero-order valence-electron chi connectivity index (χ0n) is 31.3. The van der Waals surface area contributed by atoms with Crippen LogP contribution in [0.3, 0.4) is 0 Å². The largest absolute Gasteiger partial charge is 0.443 e. The summed E-state index contributed by atoms with van der Waals surface area (Å²) in [5, 5.41) is 7.48. The Kier molecular flexibility index (Phi) is 9.79. The van der Waals surface area contributed by atoms with Gasteiger partial charge in [-0.25, -0.2) is 9.48 Å². The lowest BCUT2D eigenvalue weighted by Crippen LogP contribution is -2.67. The van der Waals surface area contributed by atoms with Crippen molar-refractivity contribution in [1.29, 1.82) is 0 Å². The van der Waals surface area contributed by atoms with Gasteiger partial charge in [-0.3, -0.25) is 4.90 Å². The summed E-state index contributed by atoms with van der Waals surface area (Å²) in [5.41, 5.74) is -0.272. The number of nitrogens with zero attached hydrogens (tertiary/aromatic N) is 5. The number of carbonyl (C=O) groups is 1. The maximum absolute atomic E-state index is 13.8. The lowest BCUT2D eigenvalue weighted by Gasteiger charge is -2.43. The van der Waals surface area contributed by atoms with Crippen LogP contribution >= 0.6 is 11.6 Å². The van der Waals surface area contributed by atoms with Gasteiger partial charge in [-0.2, -0.15) is 15.1 Å². The van der Waals surface area contributed by atoms with E-state index in [0.717, 1.165) is 25.7 Å². The third-order valence-electron chi connectivity index (χ3n) is 10.2. The Morgan fingerprint density at radius 2 is 1.54 bits per heavy atom. The monoisotopic (exact) mass is 747 g/mol. The van der Waals surface area contributed by atoms with Crippen molar-refractivity contribution in [1.82, 2.24) is 19.7 Å². The third-order valence-corrected chi connectivity index (χ3v) is 15.3. The van der Waals surface area contributed by atoms with Crippen molar-refractivity contribution in [3.63, 3.8) is 0 Å². The van der Waals surface area contributed by atoms with E-state index in [1.54, 1.807) is 15.8 Å². The first-order chi connectivity index (χ1) is 24.6. The summed E-state index contributed by atoms with van der Waals surface area (Å²) in [4.78, 5) is 24.6. The molecule has 1 amide bonds. The van der Waals surface area contributed by atoms with Crippen molar-refractivity contribution in [3.05, 3.63) is 72.1 Å². The number of hydrogen-bond acceptors (Lipinski definition) is 9. The topological polar surface area (TPSA) is 110 Å². The van der Waals surface area contributed by atoms with Crippen molar-refractivity contribution in [2.24, 2.45) is 0 Å². The van der Waals surface area contributed by atoms with Crippen LogP contribution in [0.5, 0.6) is 0 Å². The lowest BCUT2D eigenvalue weighted by molar-refractivity contribution is -0.200. The molecule has 0 unspecified atom stereocenters. The van der Waals surface area contributed by atoms with E-state index in [-0.39, 0.29) is 23.0 Å². The van der Waals surface area contributed by atoms with E-state index in [1.165, 1.54) is 10.4 Å². The highest BCUT2D eigenvalue weighted by atomic mass is 35.5. The highest BCUT2D eigenvalue weighted by molar-refractivity contribution is 6.99. The zero-order chi connectivity index (χ0) is 37.1. The maximum atomic E-state index is 13.8. The second kappa shape index (κ2) is 13.8. The molecule has 1 aliphatic carbocycles. The van der Waals surface area contributed by atoms with Crippen LogP contribution in [-0.2, 0) is 23.4 Å². The smallest absolute Gasteiger partial charge is 0.416 e. The molecule has 3 aliphatic rings. The van der Waals surface area contributed by atoms with Crippen LogP contribution in [0.25, 0.3) is 11.0 Å². The number of anilines is 1. The molecule has 0 N–H and O–H groups in total. The van der Waals surface area contributed by atoms with Gasteiger partial charge < -0.3 is 23.4 Å². The van der Waals surface area contributed by atoms with Gasteiger partial charge in [-0.15, -0.1) is 0 Å². The predicted molar refractivity (Wildman–Crippen MR) is 203 cm³/mol. The van der Waals surface area contributed by atoms with E-state index < -0.39 is 50.3 Å². The van der Waals surface area contributed by atoms with Crippen LogP contribution in [-0.4, -0.2) is 76.5 Å². The summed E-state index contributed by atoms with van der Waals surface area (Å²) in [6.45, 7) is 16.4. The molecule has 4 heterocycles. The number of amides is 1. The summed E-state index contributed by atoms with van der Waals surface area (Å²) in [6.07, 6.45) is 2.67. The Labute approximate surface area is 312 Å². The van der Waals surface area contributed by atoms with Gasteiger partial charge in [0, 0.05) is 6.04 Å². The lowest BCUT2D eigenvalue weighted by atomic mass is 10.1. The quantitative estimate of drug-likeness (QED) is 0.137. The first-order valence-electron chi connectivity index (χ1n) is 18.3. The van der Waals surface area contributed by atoms with E-state index in [1.807, 2.05) is 46.8 Å². The summed E-state index contributed by atoms with van der Waals surface area (Å²) < 4.78 is 34.8. The Hall–Kier alpha value is -3.39. The molecule has 3 fully saturated rings. The van der Waals surface area contributed by atoms with Crippen molar-refractivity contribution in [2.45, 2.75) is 128 Å². The molecule has 2 aromatic heterocycles. The Bertz CT molecular complexity index is 1850. The van der Waals surface area contributed by atoms with Gasteiger partial charge in [0.2, 0.25) is 5.28 Å². The molecule has 7 rings (SSSR count). The average Bonchev–Trinajstić information content (AvgIpc) is 3.86. The predicted octanol–water partition coefficient (Wildman–Crippen LogP) is 7.16. The first kappa shape index (κ1) is 36.9. The van der Waals surface area contributed by atoms with E-state index >= 15 is 0 Å². The second-order valence-electron chi connectivity index (χ2n) is 16.5. The fourth-order valence-corrected chi connectivity index (χ4v) is 12.8. The second-order valence-corrected chi connectivity index (χ2v) is 21.2. The number of aromatic nitrogens is 4. The minimum absolute atomic E-state index is 0.0131. The number of hydrogen-bond donors (Lipinski definition) is 0. The molecule has 4 aromatic rings. The molecule has 0 radical (unpaired) electrons. The van der Waals surface area contributed by atoms with Crippen molar-refractivity contribution >= 4 is 53.2 Å². The Morgan fingerprint density at radius 3 is 2.12 bits per heavy atom. The molecule has 2 aromatic carbocycles. The fraction of sp³-hybridized carbons (Fsp3) is 0.538. The molecule has 1 saturated carbocycles. The van der Waals surface area contributed by atoms with Crippen LogP contribution in [0, 0.1) is 0 Å². The fourth-order valence-electron chi connectivity index (χ4n) is 8.10.